The molecule has 3 aromatic carbocycles. The molecule has 4 rings (SSSR count). The molecular weight excluding hydrogens is 438 g/mol. The number of nitrogens with zero attached hydrogens (tertiary/aromatic N) is 2. The predicted octanol–water partition coefficient (Wildman–Crippen LogP) is 5.08. The van der Waals surface area contributed by atoms with Gasteiger partial charge in [-0.1, -0.05) is 56.3 Å². The zero-order valence-corrected chi connectivity index (χ0v) is 20.0. The van der Waals surface area contributed by atoms with E-state index < -0.39 is 6.04 Å². The third-order valence-electron chi connectivity index (χ3n) is 6.02. The molecule has 6 nitrogen and oxygen atoms in total. The molecule has 0 spiro atoms. The maximum Gasteiger partial charge on any atom is 0.247 e. The van der Waals surface area contributed by atoms with E-state index in [-0.39, 0.29) is 17.7 Å². The lowest BCUT2D eigenvalue weighted by molar-refractivity contribution is -0.140. The molecule has 0 saturated carbocycles. The SMILES string of the molecule is CC(C)CC(=O)N1Cc2ccccc2CC1C(=O)Nc1cccc(OCc2cccc(C#N)c2)c1. The summed E-state index contributed by atoms with van der Waals surface area (Å²) < 4.78 is 5.88. The standard InChI is InChI=1S/C29H29N3O3/c1-20(2)13-28(33)32-18-24-10-4-3-9-23(24)15-27(32)29(34)31-25-11-6-12-26(16-25)35-19-22-8-5-7-21(14-22)17-30/h3-12,14,16,20,27H,13,15,18-19H2,1-2H3,(H,31,34). The summed E-state index contributed by atoms with van der Waals surface area (Å²) in [5.74, 6) is 0.597. The lowest BCUT2D eigenvalue weighted by Gasteiger charge is -2.36. The molecule has 0 radical (unpaired) electrons. The molecule has 178 valence electrons. The van der Waals surface area contributed by atoms with E-state index in [0.717, 1.165) is 16.7 Å². The van der Waals surface area contributed by atoms with Gasteiger partial charge in [0.05, 0.1) is 11.6 Å². The van der Waals surface area contributed by atoms with Gasteiger partial charge in [-0.15, -0.1) is 0 Å². The van der Waals surface area contributed by atoms with Crippen LogP contribution in [0.2, 0.25) is 0 Å². The Bertz CT molecular complexity index is 1260. The molecule has 0 bridgehead atoms. The van der Waals surface area contributed by atoms with Gasteiger partial charge in [-0.05, 0) is 46.9 Å². The number of hydrogen-bond donors (Lipinski definition) is 1. The topological polar surface area (TPSA) is 82.4 Å². The highest BCUT2D eigenvalue weighted by molar-refractivity contribution is 5.97. The van der Waals surface area contributed by atoms with Crippen molar-refractivity contribution < 1.29 is 14.3 Å². The molecule has 1 heterocycles. The highest BCUT2D eigenvalue weighted by Gasteiger charge is 2.34. The van der Waals surface area contributed by atoms with Crippen LogP contribution in [-0.2, 0) is 29.2 Å². The molecule has 1 aliphatic rings. The average molecular weight is 468 g/mol. The van der Waals surface area contributed by atoms with Crippen molar-refractivity contribution in [1.29, 1.82) is 5.26 Å². The number of nitriles is 1. The van der Waals surface area contributed by atoms with E-state index in [1.165, 1.54) is 0 Å². The molecule has 1 aliphatic heterocycles. The van der Waals surface area contributed by atoms with E-state index >= 15 is 0 Å². The van der Waals surface area contributed by atoms with Crippen molar-refractivity contribution in [3.8, 4) is 11.8 Å². The fraction of sp³-hybridized carbons (Fsp3) is 0.276. The number of carbonyl (C=O) groups is 2. The van der Waals surface area contributed by atoms with Crippen LogP contribution < -0.4 is 10.1 Å². The van der Waals surface area contributed by atoms with Crippen LogP contribution in [0.1, 0.15) is 42.5 Å². The van der Waals surface area contributed by atoms with E-state index in [1.54, 1.807) is 29.2 Å². The fourth-order valence-corrected chi connectivity index (χ4v) is 4.27. The zero-order chi connectivity index (χ0) is 24.8. The molecule has 3 aromatic rings. The highest BCUT2D eigenvalue weighted by Crippen LogP contribution is 2.26. The zero-order valence-electron chi connectivity index (χ0n) is 20.0. The normalized spacial score (nSPS) is 14.7. The Morgan fingerprint density at radius 1 is 1.06 bits per heavy atom. The van der Waals surface area contributed by atoms with Crippen LogP contribution in [-0.4, -0.2) is 22.8 Å². The number of anilines is 1. The van der Waals surface area contributed by atoms with Gasteiger partial charge in [0, 0.05) is 31.1 Å². The van der Waals surface area contributed by atoms with Crippen molar-refractivity contribution in [2.75, 3.05) is 5.32 Å². The number of ether oxygens (including phenoxy) is 1. The van der Waals surface area contributed by atoms with Crippen LogP contribution in [0.4, 0.5) is 5.69 Å². The summed E-state index contributed by atoms with van der Waals surface area (Å²) in [6.07, 6.45) is 0.888. The third-order valence-corrected chi connectivity index (χ3v) is 6.02. The van der Waals surface area contributed by atoms with Crippen LogP contribution in [0.15, 0.2) is 72.8 Å². The molecule has 1 unspecified atom stereocenters. The Morgan fingerprint density at radius 3 is 2.60 bits per heavy atom. The summed E-state index contributed by atoms with van der Waals surface area (Å²) in [6.45, 7) is 4.76. The Balaban J connectivity index is 1.47. The first-order chi connectivity index (χ1) is 16.9. The van der Waals surface area contributed by atoms with Crippen molar-refractivity contribution in [2.45, 2.75) is 45.9 Å². The van der Waals surface area contributed by atoms with E-state index in [0.29, 0.717) is 43.0 Å². The molecule has 0 aromatic heterocycles. The second kappa shape index (κ2) is 10.9. The molecule has 1 N–H and O–H groups in total. The average Bonchev–Trinajstić information content (AvgIpc) is 2.86. The van der Waals surface area contributed by atoms with E-state index in [2.05, 4.69) is 11.4 Å². The molecule has 0 saturated heterocycles. The number of carbonyl (C=O) groups excluding carboxylic acids is 2. The first kappa shape index (κ1) is 24.0. The van der Waals surface area contributed by atoms with Crippen LogP contribution in [0.5, 0.6) is 5.75 Å². The Morgan fingerprint density at radius 2 is 1.83 bits per heavy atom. The number of amides is 2. The molecule has 35 heavy (non-hydrogen) atoms. The van der Waals surface area contributed by atoms with Gasteiger partial charge in [-0.25, -0.2) is 0 Å². The summed E-state index contributed by atoms with van der Waals surface area (Å²) in [6, 6.07) is 24.0. The number of fused-ring (bicyclic) bond motifs is 1. The predicted molar refractivity (Wildman–Crippen MR) is 134 cm³/mol. The van der Waals surface area contributed by atoms with Crippen molar-refractivity contribution in [3.05, 3.63) is 95.1 Å². The lowest BCUT2D eigenvalue weighted by Crippen LogP contribution is -2.50. The number of benzene rings is 3. The largest absolute Gasteiger partial charge is 0.489 e. The Hall–Kier alpha value is -4.11. The summed E-state index contributed by atoms with van der Waals surface area (Å²) in [7, 11) is 0. The van der Waals surface area contributed by atoms with Crippen LogP contribution in [0.3, 0.4) is 0 Å². The first-order valence-corrected chi connectivity index (χ1v) is 11.8. The molecular formula is C29H29N3O3. The summed E-state index contributed by atoms with van der Waals surface area (Å²) in [5, 5.41) is 12.1. The quantitative estimate of drug-likeness (QED) is 0.526. The van der Waals surface area contributed by atoms with Crippen molar-refractivity contribution in [3.63, 3.8) is 0 Å². The summed E-state index contributed by atoms with van der Waals surface area (Å²) in [5.41, 5.74) is 4.26. The van der Waals surface area contributed by atoms with Gasteiger partial charge >= 0.3 is 0 Å². The van der Waals surface area contributed by atoms with Gasteiger partial charge in [0.2, 0.25) is 11.8 Å². The molecule has 0 aliphatic carbocycles. The highest BCUT2D eigenvalue weighted by atomic mass is 16.5. The van der Waals surface area contributed by atoms with Crippen molar-refractivity contribution in [2.24, 2.45) is 5.92 Å². The Labute approximate surface area is 206 Å². The molecule has 2 amide bonds. The lowest BCUT2D eigenvalue weighted by atomic mass is 9.92. The number of rotatable bonds is 7. The fourth-order valence-electron chi connectivity index (χ4n) is 4.27. The summed E-state index contributed by atoms with van der Waals surface area (Å²) in [4.78, 5) is 28.1. The Kier molecular flexibility index (Phi) is 7.47. The van der Waals surface area contributed by atoms with Crippen LogP contribution in [0.25, 0.3) is 0 Å². The maximum absolute atomic E-state index is 13.4. The van der Waals surface area contributed by atoms with Crippen molar-refractivity contribution >= 4 is 17.5 Å². The smallest absolute Gasteiger partial charge is 0.247 e. The summed E-state index contributed by atoms with van der Waals surface area (Å²) >= 11 is 0. The van der Waals surface area contributed by atoms with E-state index in [1.807, 2.05) is 62.4 Å². The molecule has 1 atom stereocenters. The minimum absolute atomic E-state index is 0.00802. The maximum atomic E-state index is 13.4. The van der Waals surface area contributed by atoms with Gasteiger partial charge in [-0.2, -0.15) is 5.26 Å². The number of hydrogen-bond acceptors (Lipinski definition) is 4. The monoisotopic (exact) mass is 467 g/mol. The molecule has 0 fully saturated rings. The van der Waals surface area contributed by atoms with Gasteiger partial charge < -0.3 is 15.0 Å². The van der Waals surface area contributed by atoms with Gasteiger partial charge in [0.15, 0.2) is 0 Å². The van der Waals surface area contributed by atoms with Gasteiger partial charge in [0.1, 0.15) is 18.4 Å². The minimum atomic E-state index is -0.575. The first-order valence-electron chi connectivity index (χ1n) is 11.8. The van der Waals surface area contributed by atoms with Crippen LogP contribution in [0, 0.1) is 17.2 Å². The van der Waals surface area contributed by atoms with Gasteiger partial charge in [0.25, 0.3) is 0 Å². The minimum Gasteiger partial charge on any atom is -0.489 e. The second-order valence-electron chi connectivity index (χ2n) is 9.23. The van der Waals surface area contributed by atoms with E-state index in [9.17, 15) is 9.59 Å². The van der Waals surface area contributed by atoms with E-state index in [4.69, 9.17) is 10.00 Å². The second-order valence-corrected chi connectivity index (χ2v) is 9.23. The molecule has 6 heteroatoms. The van der Waals surface area contributed by atoms with Gasteiger partial charge in [-0.3, -0.25) is 9.59 Å². The number of nitrogens with one attached hydrogen (secondary N) is 1. The van der Waals surface area contributed by atoms with Crippen LogP contribution >= 0.6 is 0 Å². The van der Waals surface area contributed by atoms with Crippen molar-refractivity contribution in [1.82, 2.24) is 4.90 Å². The third kappa shape index (κ3) is 6.07.